The average molecular weight is 1140 g/mol. The molecule has 0 aliphatic carbocycles. The summed E-state index contributed by atoms with van der Waals surface area (Å²) in [6.45, 7) is -0.695. The molecule has 3 aromatic heterocycles. The maximum Gasteiger partial charge on any atom is 0.297 e. The van der Waals surface area contributed by atoms with Gasteiger partial charge in [-0.15, -0.1) is 11.3 Å². The fraction of sp³-hybridized carbons (Fsp3) is 0. The first-order chi connectivity index (χ1) is 43.7. The summed E-state index contributed by atoms with van der Waals surface area (Å²) in [5.74, 6) is 0. The van der Waals surface area contributed by atoms with Gasteiger partial charge < -0.3 is 33.3 Å². The number of nitrogens with zero attached hydrogens (tertiary/aromatic N) is 5. The van der Waals surface area contributed by atoms with Crippen LogP contribution in [0.2, 0.25) is 0 Å². The summed E-state index contributed by atoms with van der Waals surface area (Å²) in [4.78, 5) is 12.4. The lowest BCUT2D eigenvalue weighted by atomic mass is 9.32. The van der Waals surface area contributed by atoms with Crippen LogP contribution in [0.1, 0.15) is 0 Å². The monoisotopic (exact) mass is 1140 g/mol. The zero-order valence-corrected chi connectivity index (χ0v) is 48.2. The Morgan fingerprint density at radius 2 is 0.727 bits per heavy atom. The number of anilines is 15. The predicted octanol–water partition coefficient (Wildman–Crippen LogP) is 17.7. The molecule has 0 amide bonds. The molecular weight excluding hydrogens is 1090 g/mol. The van der Waals surface area contributed by atoms with E-state index in [2.05, 4.69) is 321 Å². The maximum atomic E-state index is 7.51. The van der Waals surface area contributed by atoms with Gasteiger partial charge in [-0.2, -0.15) is 0 Å². The Bertz CT molecular complexity index is 5230. The van der Waals surface area contributed by atoms with Gasteiger partial charge >= 0.3 is 0 Å². The largest absolute Gasteiger partial charge is 0.468 e. The van der Waals surface area contributed by atoms with Gasteiger partial charge in [-0.3, -0.25) is 0 Å². The molecule has 88 heavy (non-hydrogen) atoms. The number of benzene rings is 12. The summed E-state index contributed by atoms with van der Waals surface area (Å²) in [7, 11) is 0. The van der Waals surface area contributed by atoms with Crippen molar-refractivity contribution in [1.29, 1.82) is 0 Å². The lowest BCUT2D eigenvalue weighted by molar-refractivity contribution is 0.651. The summed E-state index contributed by atoms with van der Waals surface area (Å²) in [5, 5.41) is 5.57. The zero-order valence-electron chi connectivity index (χ0n) is 47.4. The first kappa shape index (κ1) is 49.1. The minimum absolute atomic E-state index is 0.336. The van der Waals surface area contributed by atoms with Crippen molar-refractivity contribution < 1.29 is 8.83 Å². The minimum Gasteiger partial charge on any atom is -0.468 e. The van der Waals surface area contributed by atoms with Crippen molar-refractivity contribution in [3.05, 3.63) is 297 Å². The number of para-hydroxylation sites is 8. The van der Waals surface area contributed by atoms with E-state index in [0.717, 1.165) is 141 Å². The third kappa shape index (κ3) is 7.15. The van der Waals surface area contributed by atoms with Crippen LogP contribution in [0, 0.1) is 0 Å². The lowest BCUT2D eigenvalue weighted by Gasteiger charge is -2.46. The molecule has 0 bridgehead atoms. The first-order valence-electron chi connectivity index (χ1n) is 30.0. The Labute approximate surface area is 513 Å². The Hall–Kier alpha value is -11.2. The van der Waals surface area contributed by atoms with Crippen LogP contribution in [-0.4, -0.2) is 13.4 Å². The van der Waals surface area contributed by atoms with Crippen molar-refractivity contribution in [3.8, 4) is 11.1 Å². The van der Waals surface area contributed by atoms with Crippen LogP contribution in [0.15, 0.2) is 305 Å². The van der Waals surface area contributed by atoms with Crippen molar-refractivity contribution in [2.24, 2.45) is 0 Å². The van der Waals surface area contributed by atoms with Crippen molar-refractivity contribution in [2.75, 3.05) is 24.5 Å². The van der Waals surface area contributed by atoms with Gasteiger partial charge in [-0.05, 0) is 178 Å². The van der Waals surface area contributed by atoms with E-state index in [-0.39, 0.29) is 13.4 Å². The van der Waals surface area contributed by atoms with E-state index in [4.69, 9.17) is 8.83 Å². The normalized spacial score (nSPS) is 13.3. The van der Waals surface area contributed by atoms with Crippen LogP contribution in [-0.2, 0) is 0 Å². The molecule has 12 aromatic carbocycles. The molecule has 0 radical (unpaired) electrons. The van der Waals surface area contributed by atoms with Gasteiger partial charge in [0.1, 0.15) is 11.2 Å². The number of thiophene rings is 1. The maximum absolute atomic E-state index is 7.51. The quantitative estimate of drug-likeness (QED) is 0.140. The van der Waals surface area contributed by atoms with E-state index in [1.54, 1.807) is 11.3 Å². The number of hydrogen-bond donors (Lipinski definition) is 0. The minimum atomic E-state index is -0.359. The van der Waals surface area contributed by atoms with Gasteiger partial charge in [0.2, 0.25) is 0 Å². The summed E-state index contributed by atoms with van der Waals surface area (Å²) in [6.07, 6.45) is 0. The highest BCUT2D eigenvalue weighted by molar-refractivity contribution is 7.17. The van der Waals surface area contributed by atoms with Gasteiger partial charge in [0.05, 0.1) is 28.4 Å². The Balaban J connectivity index is 0.964. The molecule has 15 aromatic rings. The number of rotatable bonds is 8. The third-order valence-corrected chi connectivity index (χ3v) is 19.3. The van der Waals surface area contributed by atoms with E-state index in [1.165, 1.54) is 21.1 Å². The highest BCUT2D eigenvalue weighted by Crippen LogP contribution is 2.53. The van der Waals surface area contributed by atoms with Gasteiger partial charge in [-0.25, -0.2) is 0 Å². The molecule has 19 rings (SSSR count). The zero-order chi connectivity index (χ0) is 57.6. The van der Waals surface area contributed by atoms with Crippen LogP contribution in [0.25, 0.3) is 43.2 Å². The van der Waals surface area contributed by atoms with E-state index in [1.807, 2.05) is 0 Å². The molecule has 0 fully saturated rings. The number of fused-ring (bicyclic) bond motifs is 13. The molecule has 0 atom stereocenters. The average Bonchev–Trinajstić information content (AvgIpc) is 1.19. The molecule has 0 saturated heterocycles. The molecule has 4 aliphatic rings. The van der Waals surface area contributed by atoms with Crippen LogP contribution in [0.3, 0.4) is 0 Å². The Kier molecular flexibility index (Phi) is 10.7. The first-order valence-corrected chi connectivity index (χ1v) is 30.9. The highest BCUT2D eigenvalue weighted by Gasteiger charge is 2.52. The number of hydrogen-bond acceptors (Lipinski definition) is 8. The van der Waals surface area contributed by atoms with Crippen molar-refractivity contribution >= 4 is 175 Å². The second kappa shape index (κ2) is 19.2. The second-order valence-corrected chi connectivity index (χ2v) is 24.1. The van der Waals surface area contributed by atoms with Crippen LogP contribution >= 0.6 is 11.3 Å². The molecular formula is C78H49B2N5O2S. The fourth-order valence-electron chi connectivity index (χ4n) is 14.9. The second-order valence-electron chi connectivity index (χ2n) is 23.1. The smallest absolute Gasteiger partial charge is 0.297 e. The summed E-state index contributed by atoms with van der Waals surface area (Å²) >= 11 is 1.78. The molecule has 4 aliphatic heterocycles. The van der Waals surface area contributed by atoms with Gasteiger partial charge in [0.25, 0.3) is 13.4 Å². The molecule has 0 saturated carbocycles. The van der Waals surface area contributed by atoms with Gasteiger partial charge in [0.15, 0.2) is 0 Å². The van der Waals surface area contributed by atoms with Crippen LogP contribution < -0.4 is 57.7 Å². The van der Waals surface area contributed by atoms with Crippen molar-refractivity contribution in [1.82, 2.24) is 0 Å². The molecule has 0 unspecified atom stereocenters. The highest BCUT2D eigenvalue weighted by atomic mass is 32.1. The molecule has 0 N–H and O–H groups in total. The topological polar surface area (TPSA) is 42.5 Å². The standard InChI is InChI=1S/C78H49B2N5O2S/c1-7-24-51(25-8-1)81(52-26-9-2-10-27-52)57-46-68-74-69(47-57)85(56-34-17-6-18-35-56)76-61-37-20-22-40-71(61)87-78(76)80(74)63-48-62-64(49-65(63)83(68)54-30-13-4-14-31-54)82(53-28-11-3-12-29-53)66-44-50(58-38-23-41-72-59(58)42-43-88-72)45-67-73(66)79(62)77-75(60-36-19-21-39-70(60)86-77)84(67)55-32-15-5-16-33-55/h1-49H. The van der Waals surface area contributed by atoms with Gasteiger partial charge in [0, 0.05) is 89.1 Å². The molecule has 410 valence electrons. The summed E-state index contributed by atoms with van der Waals surface area (Å²) in [5.41, 5.74) is 26.4. The van der Waals surface area contributed by atoms with E-state index < -0.39 is 0 Å². The fourth-order valence-corrected chi connectivity index (χ4v) is 15.7. The van der Waals surface area contributed by atoms with E-state index in [9.17, 15) is 0 Å². The molecule has 10 heteroatoms. The lowest BCUT2D eigenvalue weighted by Crippen LogP contribution is -2.65. The molecule has 7 heterocycles. The third-order valence-electron chi connectivity index (χ3n) is 18.4. The van der Waals surface area contributed by atoms with E-state index >= 15 is 0 Å². The van der Waals surface area contributed by atoms with Crippen LogP contribution in [0.5, 0.6) is 0 Å². The van der Waals surface area contributed by atoms with Crippen LogP contribution in [0.4, 0.5) is 85.3 Å². The summed E-state index contributed by atoms with van der Waals surface area (Å²) < 4.78 is 16.3. The van der Waals surface area contributed by atoms with Crippen molar-refractivity contribution in [2.45, 2.75) is 0 Å². The molecule has 0 spiro atoms. The Morgan fingerprint density at radius 1 is 0.318 bits per heavy atom. The van der Waals surface area contributed by atoms with Crippen molar-refractivity contribution in [3.63, 3.8) is 0 Å². The summed E-state index contributed by atoms with van der Waals surface area (Å²) in [6, 6.07) is 106. The SMILES string of the molecule is c1ccc(N(c2ccccc2)c2cc3c4c(c2)N(c2ccccc2)c2c(oc5ccccc25)B4c2cc4c(cc2N3c2ccccc2)N(c2ccccc2)c2cc(-c3cccc5sccc35)cc3c2B4c2oc4ccccc4c2N3c2ccccc2)cc1. The Morgan fingerprint density at radius 3 is 1.22 bits per heavy atom. The molecule has 7 nitrogen and oxygen atoms in total. The number of furan rings is 2. The van der Waals surface area contributed by atoms with Gasteiger partial charge in [-0.1, -0.05) is 152 Å². The predicted molar refractivity (Wildman–Crippen MR) is 370 cm³/mol. The van der Waals surface area contributed by atoms with E-state index in [0.29, 0.717) is 0 Å².